The van der Waals surface area contributed by atoms with Gasteiger partial charge in [0, 0.05) is 0 Å². The summed E-state index contributed by atoms with van der Waals surface area (Å²) in [5, 5.41) is 0. The molecule has 0 amide bonds. The fourth-order valence-corrected chi connectivity index (χ4v) is 1.71. The first-order valence-corrected chi connectivity index (χ1v) is 5.29. The van der Waals surface area contributed by atoms with Gasteiger partial charge in [0.25, 0.3) is 0 Å². The second-order valence-electron chi connectivity index (χ2n) is 5.43. The Morgan fingerprint density at radius 2 is 1.92 bits per heavy atom. The highest BCUT2D eigenvalue weighted by Gasteiger charge is 2.23. The van der Waals surface area contributed by atoms with Gasteiger partial charge in [-0.3, -0.25) is 0 Å². The highest BCUT2D eigenvalue weighted by atomic mass is 14.3. The van der Waals surface area contributed by atoms with Crippen molar-refractivity contribution in [2.75, 3.05) is 0 Å². The van der Waals surface area contributed by atoms with Gasteiger partial charge in [0.05, 0.1) is 0 Å². The molecule has 0 N–H and O–H groups in total. The van der Waals surface area contributed by atoms with Crippen LogP contribution in [0.15, 0.2) is 23.8 Å². The Morgan fingerprint density at radius 3 is 2.23 bits per heavy atom. The summed E-state index contributed by atoms with van der Waals surface area (Å²) in [4.78, 5) is 0. The van der Waals surface area contributed by atoms with E-state index >= 15 is 0 Å². The average molecular weight is 178 g/mol. The topological polar surface area (TPSA) is 0 Å². The van der Waals surface area contributed by atoms with Gasteiger partial charge in [-0.2, -0.15) is 0 Å². The van der Waals surface area contributed by atoms with Crippen LogP contribution in [0.1, 0.15) is 41.0 Å². The van der Waals surface area contributed by atoms with Crippen molar-refractivity contribution in [3.05, 3.63) is 23.8 Å². The van der Waals surface area contributed by atoms with Crippen molar-refractivity contribution >= 4 is 0 Å². The normalized spacial score (nSPS) is 23.5. The van der Waals surface area contributed by atoms with Gasteiger partial charge in [0.15, 0.2) is 0 Å². The Morgan fingerprint density at radius 1 is 1.31 bits per heavy atom. The summed E-state index contributed by atoms with van der Waals surface area (Å²) in [6.45, 7) is 11.5. The molecule has 0 nitrogen and oxygen atoms in total. The maximum Gasteiger partial charge on any atom is -0.0147 e. The summed E-state index contributed by atoms with van der Waals surface area (Å²) in [5.74, 6) is 1.40. The summed E-state index contributed by atoms with van der Waals surface area (Å²) in [5.41, 5.74) is 1.91. The van der Waals surface area contributed by atoms with Gasteiger partial charge in [-0.15, -0.1) is 0 Å². The molecule has 1 aliphatic rings. The van der Waals surface area contributed by atoms with E-state index in [4.69, 9.17) is 0 Å². The van der Waals surface area contributed by atoms with Crippen molar-refractivity contribution in [2.45, 2.75) is 41.0 Å². The molecule has 1 rings (SSSR count). The molecule has 0 aliphatic heterocycles. The summed E-state index contributed by atoms with van der Waals surface area (Å²) in [7, 11) is 0. The minimum Gasteiger partial charge on any atom is -0.0805 e. The first-order chi connectivity index (χ1) is 5.91. The molecule has 0 aromatic rings. The van der Waals surface area contributed by atoms with Gasteiger partial charge >= 0.3 is 0 Å². The largest absolute Gasteiger partial charge is 0.0805 e. The van der Waals surface area contributed by atoms with Gasteiger partial charge in [-0.05, 0) is 29.2 Å². The molecule has 0 spiro atoms. The molecule has 0 saturated carbocycles. The van der Waals surface area contributed by atoms with Crippen LogP contribution < -0.4 is 0 Å². The molecule has 0 fully saturated rings. The van der Waals surface area contributed by atoms with Gasteiger partial charge in [-0.1, -0.05) is 52.8 Å². The predicted octanol–water partition coefficient (Wildman–Crippen LogP) is 4.19. The monoisotopic (exact) mass is 178 g/mol. The van der Waals surface area contributed by atoms with Crippen LogP contribution in [0, 0.1) is 17.3 Å². The van der Waals surface area contributed by atoms with E-state index in [-0.39, 0.29) is 0 Å². The first kappa shape index (κ1) is 10.6. The molecule has 13 heavy (non-hydrogen) atoms. The van der Waals surface area contributed by atoms with Crippen LogP contribution in [-0.2, 0) is 0 Å². The molecule has 1 atom stereocenters. The van der Waals surface area contributed by atoms with Gasteiger partial charge < -0.3 is 0 Å². The lowest BCUT2D eigenvalue weighted by Gasteiger charge is -2.30. The van der Waals surface area contributed by atoms with Gasteiger partial charge in [-0.25, -0.2) is 0 Å². The molecular formula is C13H22. The highest BCUT2D eigenvalue weighted by molar-refractivity contribution is 5.25. The maximum absolute atomic E-state index is 2.40. The van der Waals surface area contributed by atoms with Crippen molar-refractivity contribution < 1.29 is 0 Å². The lowest BCUT2D eigenvalue weighted by molar-refractivity contribution is 0.292. The van der Waals surface area contributed by atoms with Gasteiger partial charge in [0.2, 0.25) is 0 Å². The smallest absolute Gasteiger partial charge is 0.0147 e. The maximum atomic E-state index is 2.40. The Bertz CT molecular complexity index is 223. The summed E-state index contributed by atoms with van der Waals surface area (Å²) >= 11 is 0. The van der Waals surface area contributed by atoms with E-state index in [2.05, 4.69) is 52.8 Å². The lowest BCUT2D eigenvalue weighted by Crippen LogP contribution is -2.19. The number of hydrogen-bond donors (Lipinski definition) is 0. The molecule has 0 saturated heterocycles. The first-order valence-electron chi connectivity index (χ1n) is 5.29. The summed E-state index contributed by atoms with van der Waals surface area (Å²) in [6, 6.07) is 0. The van der Waals surface area contributed by atoms with Crippen LogP contribution >= 0.6 is 0 Å². The van der Waals surface area contributed by atoms with Crippen LogP contribution in [0.2, 0.25) is 0 Å². The molecule has 0 aromatic carbocycles. The summed E-state index contributed by atoms with van der Waals surface area (Å²) < 4.78 is 0. The Labute approximate surface area is 82.7 Å². The lowest BCUT2D eigenvalue weighted by atomic mass is 9.75. The molecule has 74 valence electrons. The van der Waals surface area contributed by atoms with Crippen molar-refractivity contribution in [1.29, 1.82) is 0 Å². The fourth-order valence-electron chi connectivity index (χ4n) is 1.71. The van der Waals surface area contributed by atoms with E-state index in [1.54, 1.807) is 0 Å². The quantitative estimate of drug-likeness (QED) is 0.564. The molecule has 1 aliphatic carbocycles. The van der Waals surface area contributed by atoms with Crippen molar-refractivity contribution in [3.63, 3.8) is 0 Å². The average Bonchev–Trinajstić information content (AvgIpc) is 2.03. The predicted molar refractivity (Wildman–Crippen MR) is 59.6 cm³/mol. The van der Waals surface area contributed by atoms with Crippen LogP contribution in [0.5, 0.6) is 0 Å². The third-order valence-electron chi connectivity index (χ3n) is 2.91. The van der Waals surface area contributed by atoms with E-state index < -0.39 is 0 Å². The molecular weight excluding hydrogens is 156 g/mol. The van der Waals surface area contributed by atoms with Crippen LogP contribution in [0.25, 0.3) is 0 Å². The van der Waals surface area contributed by atoms with Crippen molar-refractivity contribution in [1.82, 2.24) is 0 Å². The van der Waals surface area contributed by atoms with E-state index in [0.717, 1.165) is 5.92 Å². The molecule has 0 heterocycles. The second kappa shape index (κ2) is 3.69. The highest BCUT2D eigenvalue weighted by Crippen LogP contribution is 2.34. The van der Waals surface area contributed by atoms with E-state index in [0.29, 0.717) is 11.3 Å². The second-order valence-corrected chi connectivity index (χ2v) is 5.43. The number of hydrogen-bond acceptors (Lipinski definition) is 0. The Hall–Kier alpha value is -0.520. The van der Waals surface area contributed by atoms with Crippen LogP contribution in [-0.4, -0.2) is 0 Å². The SMILES string of the molecule is CC(C)C1=CCC(C(C)(C)C)C=C1. The van der Waals surface area contributed by atoms with E-state index in [9.17, 15) is 0 Å². The minimum absolute atomic E-state index is 0.412. The molecule has 1 unspecified atom stereocenters. The van der Waals surface area contributed by atoms with Crippen molar-refractivity contribution in [3.8, 4) is 0 Å². The molecule has 0 radical (unpaired) electrons. The Kier molecular flexibility index (Phi) is 3.00. The number of rotatable bonds is 1. The van der Waals surface area contributed by atoms with Crippen LogP contribution in [0.4, 0.5) is 0 Å². The summed E-state index contributed by atoms with van der Waals surface area (Å²) in [6.07, 6.45) is 8.31. The molecule has 0 bridgehead atoms. The van der Waals surface area contributed by atoms with Crippen LogP contribution in [0.3, 0.4) is 0 Å². The van der Waals surface area contributed by atoms with E-state index in [1.165, 1.54) is 12.0 Å². The standard InChI is InChI=1S/C13H22/c1-10(2)11-6-8-12(9-7-11)13(3,4)5/h6-8,10,12H,9H2,1-5H3. The zero-order valence-corrected chi connectivity index (χ0v) is 9.59. The number of allylic oxidation sites excluding steroid dienone is 4. The third kappa shape index (κ3) is 2.72. The van der Waals surface area contributed by atoms with Crippen molar-refractivity contribution in [2.24, 2.45) is 17.3 Å². The van der Waals surface area contributed by atoms with E-state index in [1.807, 2.05) is 0 Å². The zero-order valence-electron chi connectivity index (χ0n) is 9.59. The third-order valence-corrected chi connectivity index (χ3v) is 2.91. The fraction of sp³-hybridized carbons (Fsp3) is 0.692. The molecule has 0 aromatic heterocycles. The van der Waals surface area contributed by atoms with Gasteiger partial charge in [0.1, 0.15) is 0 Å². The Balaban J connectivity index is 2.64. The minimum atomic E-state index is 0.412. The zero-order chi connectivity index (χ0) is 10.1. The molecule has 0 heteroatoms.